The van der Waals surface area contributed by atoms with Crippen molar-refractivity contribution < 1.29 is 14.3 Å². The summed E-state index contributed by atoms with van der Waals surface area (Å²) in [6.45, 7) is 3.34. The molecule has 3 heterocycles. The van der Waals surface area contributed by atoms with Crippen molar-refractivity contribution >= 4 is 29.3 Å². The maximum absolute atomic E-state index is 12.0. The molecule has 0 aromatic heterocycles. The van der Waals surface area contributed by atoms with Gasteiger partial charge in [-0.2, -0.15) is 0 Å². The second kappa shape index (κ2) is 9.12. The minimum atomic E-state index is -0.436. The first kappa shape index (κ1) is 21.4. The minimum absolute atomic E-state index is 0.0268. The molecule has 1 aromatic rings. The van der Waals surface area contributed by atoms with Crippen molar-refractivity contribution in [1.82, 2.24) is 10.2 Å². The van der Waals surface area contributed by atoms with Crippen LogP contribution in [0.1, 0.15) is 19.3 Å². The van der Waals surface area contributed by atoms with Crippen LogP contribution in [0.25, 0.3) is 0 Å². The lowest BCUT2D eigenvalue weighted by Crippen LogP contribution is -2.49. The number of dihydropyridines is 1. The summed E-state index contributed by atoms with van der Waals surface area (Å²) in [5.41, 5.74) is 6.31. The Kier molecular flexibility index (Phi) is 6.51. The van der Waals surface area contributed by atoms with Gasteiger partial charge < -0.3 is 20.5 Å². The van der Waals surface area contributed by atoms with Gasteiger partial charge in [-0.25, -0.2) is 0 Å². The minimum Gasteiger partial charge on any atom is -0.486 e. The first-order valence-electron chi connectivity index (χ1n) is 10.3. The number of halogens is 1. The quantitative estimate of drug-likeness (QED) is 0.694. The Morgan fingerprint density at radius 1 is 1.40 bits per heavy atom. The molecule has 2 unspecified atom stereocenters. The molecule has 1 amide bonds. The number of nitrogens with zero attached hydrogens (tertiary/aromatic N) is 1. The van der Waals surface area contributed by atoms with Gasteiger partial charge in [0.2, 0.25) is 5.91 Å². The lowest BCUT2D eigenvalue weighted by molar-refractivity contribution is -0.115. The molecule has 0 radical (unpaired) electrons. The summed E-state index contributed by atoms with van der Waals surface area (Å²) in [6, 6.07) is 5.57. The molecule has 8 heteroatoms. The van der Waals surface area contributed by atoms with Crippen LogP contribution in [0.3, 0.4) is 0 Å². The van der Waals surface area contributed by atoms with Gasteiger partial charge >= 0.3 is 0 Å². The summed E-state index contributed by atoms with van der Waals surface area (Å²) >= 11 is 7.91. The first-order valence-corrected chi connectivity index (χ1v) is 11.9. The monoisotopic (exact) mass is 449 g/mol. The number of nitrogens with one attached hydrogen (secondary N) is 1. The second-order valence-electron chi connectivity index (χ2n) is 8.05. The van der Waals surface area contributed by atoms with Crippen LogP contribution in [-0.2, 0) is 4.79 Å². The van der Waals surface area contributed by atoms with E-state index in [0.717, 1.165) is 38.9 Å². The van der Waals surface area contributed by atoms with E-state index in [9.17, 15) is 4.79 Å². The molecule has 3 N–H and O–H groups in total. The lowest BCUT2D eigenvalue weighted by atomic mass is 9.86. The van der Waals surface area contributed by atoms with Gasteiger partial charge in [-0.1, -0.05) is 17.7 Å². The normalized spacial score (nSPS) is 26.7. The lowest BCUT2D eigenvalue weighted by Gasteiger charge is -2.41. The van der Waals surface area contributed by atoms with Crippen LogP contribution < -0.4 is 20.5 Å². The second-order valence-corrected chi connectivity index (χ2v) is 9.56. The van der Waals surface area contributed by atoms with Crippen molar-refractivity contribution in [1.29, 1.82) is 0 Å². The number of piperidine rings is 1. The fourth-order valence-electron chi connectivity index (χ4n) is 4.50. The molecule has 6 nitrogen and oxygen atoms in total. The molecule has 0 bridgehead atoms. The number of amides is 1. The molecule has 30 heavy (non-hydrogen) atoms. The van der Waals surface area contributed by atoms with Crippen molar-refractivity contribution in [3.05, 3.63) is 47.1 Å². The average molecular weight is 450 g/mol. The number of carbonyl (C=O) groups excluding carboxylic acids is 1. The van der Waals surface area contributed by atoms with Gasteiger partial charge in [0.15, 0.2) is 11.5 Å². The zero-order valence-corrected chi connectivity index (χ0v) is 18.7. The van der Waals surface area contributed by atoms with E-state index >= 15 is 0 Å². The number of hydrogen-bond donors (Lipinski definition) is 2. The predicted molar refractivity (Wildman–Crippen MR) is 121 cm³/mol. The molecule has 1 fully saturated rings. The summed E-state index contributed by atoms with van der Waals surface area (Å²) in [4.78, 5) is 14.0. The van der Waals surface area contributed by atoms with Crippen molar-refractivity contribution in [3.63, 3.8) is 0 Å². The number of rotatable bonds is 6. The zero-order chi connectivity index (χ0) is 21.1. The molecule has 162 valence electrons. The van der Waals surface area contributed by atoms with Crippen molar-refractivity contribution in [2.24, 2.45) is 11.7 Å². The smallest absolute Gasteiger partial charge is 0.247 e. The maximum atomic E-state index is 12.0. The molecular formula is C22H28ClN3O3S. The Morgan fingerprint density at radius 3 is 2.93 bits per heavy atom. The van der Waals surface area contributed by atoms with E-state index in [1.807, 2.05) is 42.8 Å². The molecule has 0 saturated carbocycles. The highest BCUT2D eigenvalue weighted by Crippen LogP contribution is 2.40. The van der Waals surface area contributed by atoms with E-state index in [1.165, 1.54) is 0 Å². The fraction of sp³-hybridized carbons (Fsp3) is 0.500. The molecule has 0 spiro atoms. The standard InChI is InChI=1S/C22H28ClN3O3S/c1-30-22(17(21(24)27)4-3-9-25-22)12-15-7-10-26(11-8-15)13-16-14-28-19-6-2-5-18(23)20(19)29-16/h2-6,9,15-16,25H,7-8,10-14H2,1H3,(H2,24,27). The number of ether oxygens (including phenoxy) is 2. The highest BCUT2D eigenvalue weighted by atomic mass is 35.5. The average Bonchev–Trinajstić information content (AvgIpc) is 2.76. The topological polar surface area (TPSA) is 76.8 Å². The van der Waals surface area contributed by atoms with Gasteiger partial charge in [-0.3, -0.25) is 9.69 Å². The van der Waals surface area contributed by atoms with Crippen LogP contribution >= 0.6 is 23.4 Å². The number of primary amides is 1. The van der Waals surface area contributed by atoms with Gasteiger partial charge in [-0.15, -0.1) is 11.8 Å². The molecule has 1 saturated heterocycles. The Bertz CT molecular complexity index is 854. The number of thioether (sulfide) groups is 1. The van der Waals surface area contributed by atoms with Crippen molar-refractivity contribution in [2.75, 3.05) is 32.5 Å². The number of likely N-dealkylation sites (tertiary alicyclic amines) is 1. The van der Waals surface area contributed by atoms with Crippen LogP contribution in [0.2, 0.25) is 5.02 Å². The fourth-order valence-corrected chi connectivity index (χ4v) is 5.69. The van der Waals surface area contributed by atoms with Gasteiger partial charge in [0.05, 0.1) is 10.6 Å². The molecular weight excluding hydrogens is 422 g/mol. The number of benzene rings is 1. The van der Waals surface area contributed by atoms with Gasteiger partial charge in [-0.05, 0) is 75.0 Å². The van der Waals surface area contributed by atoms with Gasteiger partial charge in [0.25, 0.3) is 0 Å². The highest BCUT2D eigenvalue weighted by molar-refractivity contribution is 8.00. The van der Waals surface area contributed by atoms with E-state index in [-0.39, 0.29) is 12.0 Å². The predicted octanol–water partition coefficient (Wildman–Crippen LogP) is 3.17. The third-order valence-electron chi connectivity index (χ3n) is 6.11. The first-order chi connectivity index (χ1) is 14.5. The Balaban J connectivity index is 1.31. The van der Waals surface area contributed by atoms with E-state index < -0.39 is 4.87 Å². The highest BCUT2D eigenvalue weighted by Gasteiger charge is 2.39. The number of carbonyl (C=O) groups is 1. The van der Waals surface area contributed by atoms with Crippen LogP contribution in [0.15, 0.2) is 42.1 Å². The van der Waals surface area contributed by atoms with Crippen molar-refractivity contribution in [2.45, 2.75) is 30.2 Å². The molecule has 4 rings (SSSR count). The molecule has 1 aromatic carbocycles. The van der Waals surface area contributed by atoms with E-state index in [4.69, 9.17) is 26.8 Å². The summed E-state index contributed by atoms with van der Waals surface area (Å²) < 4.78 is 11.9. The van der Waals surface area contributed by atoms with Crippen LogP contribution in [0, 0.1) is 5.92 Å². The van der Waals surface area contributed by atoms with Gasteiger partial charge in [0, 0.05) is 6.54 Å². The Hall–Kier alpha value is -1.83. The third-order valence-corrected chi connectivity index (χ3v) is 7.61. The van der Waals surface area contributed by atoms with E-state index in [1.54, 1.807) is 11.8 Å². The van der Waals surface area contributed by atoms with Gasteiger partial charge in [0.1, 0.15) is 17.6 Å². The molecule has 3 aliphatic rings. The maximum Gasteiger partial charge on any atom is 0.247 e. The molecule has 0 aliphatic carbocycles. The van der Waals surface area contributed by atoms with Crippen LogP contribution in [0.5, 0.6) is 11.5 Å². The number of para-hydroxylation sites is 1. The molecule has 3 aliphatic heterocycles. The summed E-state index contributed by atoms with van der Waals surface area (Å²) in [6.07, 6.45) is 10.6. The summed E-state index contributed by atoms with van der Waals surface area (Å²) in [5, 5.41) is 3.99. The number of nitrogens with two attached hydrogens (primary N) is 1. The Morgan fingerprint density at radius 2 is 2.20 bits per heavy atom. The van der Waals surface area contributed by atoms with Crippen LogP contribution in [0.4, 0.5) is 0 Å². The van der Waals surface area contributed by atoms with E-state index in [2.05, 4.69) is 10.2 Å². The van der Waals surface area contributed by atoms with Crippen LogP contribution in [-0.4, -0.2) is 54.3 Å². The third kappa shape index (κ3) is 4.43. The van der Waals surface area contributed by atoms with Crippen molar-refractivity contribution in [3.8, 4) is 11.5 Å². The SMILES string of the molecule is CSC1(CC2CCN(CC3COc4cccc(Cl)c4O3)CC2)NC=CC=C1C(N)=O. The summed E-state index contributed by atoms with van der Waals surface area (Å²) in [7, 11) is 0. The molecule has 2 atom stereocenters. The Labute approximate surface area is 186 Å². The number of allylic oxidation sites excluding steroid dienone is 2. The number of fused-ring (bicyclic) bond motifs is 1. The zero-order valence-electron chi connectivity index (χ0n) is 17.1. The largest absolute Gasteiger partial charge is 0.486 e. The summed E-state index contributed by atoms with van der Waals surface area (Å²) in [5.74, 6) is 1.53. The van der Waals surface area contributed by atoms with E-state index in [0.29, 0.717) is 34.6 Å². The number of hydrogen-bond acceptors (Lipinski definition) is 6.